The fourth-order valence-corrected chi connectivity index (χ4v) is 5.54. The van der Waals surface area contributed by atoms with Crippen molar-refractivity contribution in [2.75, 3.05) is 10.6 Å². The number of rotatable bonds is 10. The van der Waals surface area contributed by atoms with Gasteiger partial charge in [-0.1, -0.05) is 90.5 Å². The molecule has 0 aliphatic carbocycles. The third-order valence-electron chi connectivity index (χ3n) is 6.82. The summed E-state index contributed by atoms with van der Waals surface area (Å²) in [5.41, 5.74) is 4.15. The van der Waals surface area contributed by atoms with Gasteiger partial charge in [0.25, 0.3) is 11.8 Å². The van der Waals surface area contributed by atoms with Crippen molar-refractivity contribution in [2.45, 2.75) is 17.1 Å². The fraction of sp³-hybridized carbons (Fsp3) is 0.0541. The summed E-state index contributed by atoms with van der Waals surface area (Å²) >= 11 is 7.11. The first-order valence-electron chi connectivity index (χ1n) is 14.3. The van der Waals surface area contributed by atoms with Crippen LogP contribution in [-0.2, 0) is 9.59 Å². The monoisotopic (exact) mass is 649 g/mol. The maximum absolute atomic E-state index is 13.6. The molecule has 0 spiro atoms. The number of thioether (sulfide) groups is 1. The number of carbonyl (C=O) groups is 3. The fourth-order valence-electron chi connectivity index (χ4n) is 4.43. The minimum atomic E-state index is -0.570. The number of hydrogen-bond acceptors (Lipinski definition) is 4. The van der Waals surface area contributed by atoms with E-state index in [9.17, 15) is 18.8 Å². The second-order valence-corrected chi connectivity index (χ2v) is 12.0. The van der Waals surface area contributed by atoms with E-state index in [2.05, 4.69) is 16.0 Å². The molecule has 9 heteroatoms. The molecule has 5 rings (SSSR count). The van der Waals surface area contributed by atoms with Crippen molar-refractivity contribution in [3.8, 4) is 11.1 Å². The number of amides is 3. The van der Waals surface area contributed by atoms with E-state index < -0.39 is 22.9 Å². The second kappa shape index (κ2) is 15.2. The molecule has 1 atom stereocenters. The Balaban J connectivity index is 1.31. The van der Waals surface area contributed by atoms with Crippen LogP contribution in [0.4, 0.5) is 15.8 Å². The van der Waals surface area contributed by atoms with Crippen LogP contribution in [0, 0.1) is 5.82 Å². The summed E-state index contributed by atoms with van der Waals surface area (Å²) in [6.07, 6.45) is 1.62. The Hall–Kier alpha value is -5.18. The molecule has 0 bridgehead atoms. The number of anilines is 2. The van der Waals surface area contributed by atoms with Gasteiger partial charge in [0.05, 0.1) is 10.3 Å². The topological polar surface area (TPSA) is 87.3 Å². The molecule has 5 aromatic carbocycles. The third-order valence-corrected chi connectivity index (χ3v) is 8.20. The van der Waals surface area contributed by atoms with Gasteiger partial charge >= 0.3 is 0 Å². The van der Waals surface area contributed by atoms with E-state index in [1.807, 2.05) is 66.7 Å². The van der Waals surface area contributed by atoms with E-state index in [1.165, 1.54) is 30.0 Å². The lowest BCUT2D eigenvalue weighted by Crippen LogP contribution is -2.30. The molecule has 0 saturated carbocycles. The Morgan fingerprint density at radius 2 is 1.39 bits per heavy atom. The van der Waals surface area contributed by atoms with E-state index in [0.29, 0.717) is 16.9 Å². The van der Waals surface area contributed by atoms with E-state index in [-0.39, 0.29) is 16.6 Å². The minimum absolute atomic E-state index is 0.0603. The molecule has 46 heavy (non-hydrogen) atoms. The standard InChI is InChI=1S/C37H29ClFN3O3S/c1-24(35(43)40-30-19-20-33(39)32(38)23-30)46-31-14-8-13-29(22-31)41-37(45)34(42-36(44)28-11-6-3-7-12-28)21-25-15-17-27(18-16-25)26-9-4-2-5-10-26/h2-24H,1H3,(H,40,43)(H,41,45)(H,42,44)/b34-21+. The van der Waals surface area contributed by atoms with E-state index in [0.717, 1.165) is 21.6 Å². The zero-order valence-corrected chi connectivity index (χ0v) is 26.2. The zero-order valence-electron chi connectivity index (χ0n) is 24.7. The van der Waals surface area contributed by atoms with E-state index in [1.54, 1.807) is 55.5 Å². The zero-order chi connectivity index (χ0) is 32.5. The summed E-state index contributed by atoms with van der Waals surface area (Å²) < 4.78 is 13.5. The van der Waals surface area contributed by atoms with Crippen molar-refractivity contribution in [1.29, 1.82) is 0 Å². The maximum atomic E-state index is 13.6. The number of nitrogens with one attached hydrogen (secondary N) is 3. The molecule has 0 fully saturated rings. The van der Waals surface area contributed by atoms with Crippen molar-refractivity contribution in [2.24, 2.45) is 0 Å². The first kappa shape index (κ1) is 32.2. The van der Waals surface area contributed by atoms with E-state index >= 15 is 0 Å². The first-order chi connectivity index (χ1) is 22.2. The minimum Gasteiger partial charge on any atom is -0.325 e. The number of benzene rings is 5. The molecule has 0 saturated heterocycles. The molecule has 0 radical (unpaired) electrons. The quantitative estimate of drug-likeness (QED) is 0.104. The smallest absolute Gasteiger partial charge is 0.272 e. The Labute approximate surface area is 275 Å². The molecule has 3 N–H and O–H groups in total. The predicted octanol–water partition coefficient (Wildman–Crippen LogP) is 8.68. The highest BCUT2D eigenvalue weighted by molar-refractivity contribution is 8.00. The third kappa shape index (κ3) is 8.72. The van der Waals surface area contributed by atoms with Crippen LogP contribution in [0.5, 0.6) is 0 Å². The Kier molecular flexibility index (Phi) is 10.7. The van der Waals surface area contributed by atoms with Crippen LogP contribution in [0.15, 0.2) is 138 Å². The summed E-state index contributed by atoms with van der Waals surface area (Å²) in [5.74, 6) is -1.80. The molecule has 0 aliphatic rings. The number of hydrogen-bond donors (Lipinski definition) is 3. The largest absolute Gasteiger partial charge is 0.325 e. The van der Waals surface area contributed by atoms with Crippen LogP contribution in [-0.4, -0.2) is 23.0 Å². The summed E-state index contributed by atoms with van der Waals surface area (Å²) in [5, 5.41) is 7.75. The Morgan fingerprint density at radius 3 is 2.09 bits per heavy atom. The van der Waals surface area contributed by atoms with Crippen LogP contribution in [0.25, 0.3) is 17.2 Å². The predicted molar refractivity (Wildman–Crippen MR) is 184 cm³/mol. The van der Waals surface area contributed by atoms with Crippen molar-refractivity contribution >= 4 is 58.5 Å². The SMILES string of the molecule is CC(Sc1cccc(NC(=O)/C(=C\c2ccc(-c3ccccc3)cc2)NC(=O)c2ccccc2)c1)C(=O)Nc1ccc(F)c(Cl)c1. The summed E-state index contributed by atoms with van der Waals surface area (Å²) in [4.78, 5) is 40.1. The highest BCUT2D eigenvalue weighted by Gasteiger charge is 2.18. The van der Waals surface area contributed by atoms with Crippen LogP contribution in [0.2, 0.25) is 5.02 Å². The van der Waals surface area contributed by atoms with Gasteiger partial charge in [-0.3, -0.25) is 14.4 Å². The van der Waals surface area contributed by atoms with Crippen LogP contribution in [0.1, 0.15) is 22.8 Å². The molecule has 5 aromatic rings. The molecule has 0 aromatic heterocycles. The molecule has 0 heterocycles. The maximum Gasteiger partial charge on any atom is 0.272 e. The molecule has 6 nitrogen and oxygen atoms in total. The average Bonchev–Trinajstić information content (AvgIpc) is 3.07. The molecule has 3 amide bonds. The lowest BCUT2D eigenvalue weighted by atomic mass is 10.0. The number of carbonyl (C=O) groups excluding carboxylic acids is 3. The van der Waals surface area contributed by atoms with Crippen molar-refractivity contribution in [3.63, 3.8) is 0 Å². The summed E-state index contributed by atoms with van der Waals surface area (Å²) in [6, 6.07) is 37.3. The van der Waals surface area contributed by atoms with Gasteiger partial charge in [-0.25, -0.2) is 4.39 Å². The van der Waals surface area contributed by atoms with Crippen molar-refractivity contribution in [3.05, 3.63) is 155 Å². The van der Waals surface area contributed by atoms with Gasteiger partial charge in [0.15, 0.2) is 0 Å². The normalized spacial score (nSPS) is 11.8. The van der Waals surface area contributed by atoms with Gasteiger partial charge in [-0.15, -0.1) is 11.8 Å². The van der Waals surface area contributed by atoms with Gasteiger partial charge < -0.3 is 16.0 Å². The van der Waals surface area contributed by atoms with Crippen LogP contribution >= 0.6 is 23.4 Å². The van der Waals surface area contributed by atoms with E-state index in [4.69, 9.17) is 11.6 Å². The molecular weight excluding hydrogens is 621 g/mol. The summed E-state index contributed by atoms with van der Waals surface area (Å²) in [6.45, 7) is 1.74. The number of halogens is 2. The highest BCUT2D eigenvalue weighted by atomic mass is 35.5. The van der Waals surface area contributed by atoms with Crippen molar-refractivity contribution in [1.82, 2.24) is 5.32 Å². The van der Waals surface area contributed by atoms with Crippen LogP contribution < -0.4 is 16.0 Å². The Morgan fingerprint density at radius 1 is 0.739 bits per heavy atom. The van der Waals surface area contributed by atoms with Gasteiger partial charge in [0.2, 0.25) is 5.91 Å². The second-order valence-electron chi connectivity index (χ2n) is 10.2. The van der Waals surface area contributed by atoms with Gasteiger partial charge in [-0.2, -0.15) is 0 Å². The van der Waals surface area contributed by atoms with Crippen molar-refractivity contribution < 1.29 is 18.8 Å². The lowest BCUT2D eigenvalue weighted by Gasteiger charge is -2.14. The molecule has 1 unspecified atom stereocenters. The summed E-state index contributed by atoms with van der Waals surface area (Å²) in [7, 11) is 0. The lowest BCUT2D eigenvalue weighted by molar-refractivity contribution is -0.115. The Bertz CT molecular complexity index is 1880. The average molecular weight is 650 g/mol. The first-order valence-corrected chi connectivity index (χ1v) is 15.6. The molecule has 230 valence electrons. The van der Waals surface area contributed by atoms with Gasteiger partial charge in [-0.05, 0) is 78.2 Å². The molecule has 0 aliphatic heterocycles. The van der Waals surface area contributed by atoms with Gasteiger partial charge in [0.1, 0.15) is 11.5 Å². The highest BCUT2D eigenvalue weighted by Crippen LogP contribution is 2.28. The molecular formula is C37H29ClFN3O3S. The van der Waals surface area contributed by atoms with Gasteiger partial charge in [0, 0.05) is 21.8 Å². The van der Waals surface area contributed by atoms with Crippen LogP contribution in [0.3, 0.4) is 0 Å².